The molecule has 0 aliphatic carbocycles. The Balaban J connectivity index is 1.34. The molecule has 0 bridgehead atoms. The van der Waals surface area contributed by atoms with E-state index in [9.17, 15) is 21.6 Å². The van der Waals surface area contributed by atoms with Crippen LogP contribution in [0, 0.1) is 19.8 Å². The molecule has 4 rings (SSSR count). The molecule has 0 spiro atoms. The number of nitrogens with zero attached hydrogens (tertiary/aromatic N) is 1. The molecule has 2 N–H and O–H groups in total. The van der Waals surface area contributed by atoms with Crippen LogP contribution in [0.15, 0.2) is 77.7 Å². The van der Waals surface area contributed by atoms with Gasteiger partial charge in [0.1, 0.15) is 0 Å². The first kappa shape index (κ1) is 28.8. The van der Waals surface area contributed by atoms with E-state index in [0.29, 0.717) is 43.6 Å². The van der Waals surface area contributed by atoms with Crippen molar-refractivity contribution in [2.24, 2.45) is 5.92 Å². The van der Waals surface area contributed by atoms with Crippen LogP contribution in [0.2, 0.25) is 0 Å². The van der Waals surface area contributed by atoms with Gasteiger partial charge in [-0.1, -0.05) is 48.5 Å². The van der Waals surface area contributed by atoms with Crippen LogP contribution in [-0.2, 0) is 31.3 Å². The van der Waals surface area contributed by atoms with E-state index >= 15 is 0 Å². The lowest BCUT2D eigenvalue weighted by Crippen LogP contribution is -2.44. The van der Waals surface area contributed by atoms with Crippen molar-refractivity contribution >= 4 is 37.3 Å². The molecule has 3 aromatic carbocycles. The lowest BCUT2D eigenvalue weighted by molar-refractivity contribution is -0.120. The first-order valence-electron chi connectivity index (χ1n) is 13.1. The molecule has 1 fully saturated rings. The minimum Gasteiger partial charge on any atom is -0.326 e. The first-order chi connectivity index (χ1) is 18.5. The summed E-state index contributed by atoms with van der Waals surface area (Å²) in [5.41, 5.74) is 3.74. The van der Waals surface area contributed by atoms with E-state index in [2.05, 4.69) is 10.0 Å². The van der Waals surface area contributed by atoms with E-state index < -0.39 is 26.0 Å². The highest BCUT2D eigenvalue weighted by atomic mass is 32.2. The number of sulfonamides is 2. The summed E-state index contributed by atoms with van der Waals surface area (Å²) in [6.07, 6.45) is 2.40. The minimum absolute atomic E-state index is 0.0439. The van der Waals surface area contributed by atoms with E-state index in [1.807, 2.05) is 62.4 Å². The lowest BCUT2D eigenvalue weighted by atomic mass is 9.99. The van der Waals surface area contributed by atoms with Crippen molar-refractivity contribution in [3.05, 3.63) is 89.5 Å². The SMILES string of the molecule is Cc1cccc(C)c1NS(=O)(=O)c1ccc(NC(=O)[C@@H]2CCCN(S(=O)(=O)CCCc3ccccc3)C2)cc1. The Kier molecular flexibility index (Phi) is 9.09. The van der Waals surface area contributed by atoms with Crippen molar-refractivity contribution in [3.63, 3.8) is 0 Å². The van der Waals surface area contributed by atoms with E-state index in [0.717, 1.165) is 16.7 Å². The number of hydrogen-bond acceptors (Lipinski definition) is 5. The molecule has 0 unspecified atom stereocenters. The number of nitrogens with one attached hydrogen (secondary N) is 2. The van der Waals surface area contributed by atoms with E-state index in [-0.39, 0.29) is 23.1 Å². The predicted octanol–water partition coefficient (Wildman–Crippen LogP) is 4.72. The second-order valence-electron chi connectivity index (χ2n) is 9.99. The first-order valence-corrected chi connectivity index (χ1v) is 16.2. The molecule has 1 heterocycles. The molecule has 1 atom stereocenters. The van der Waals surface area contributed by atoms with E-state index in [4.69, 9.17) is 0 Å². The third-order valence-corrected chi connectivity index (χ3v) is 10.3. The predicted molar refractivity (Wildman–Crippen MR) is 155 cm³/mol. The summed E-state index contributed by atoms with van der Waals surface area (Å²) in [6.45, 7) is 4.24. The zero-order chi connectivity index (χ0) is 28.0. The van der Waals surface area contributed by atoms with Gasteiger partial charge in [0.05, 0.1) is 22.3 Å². The summed E-state index contributed by atoms with van der Waals surface area (Å²) in [6, 6.07) is 21.3. The molecule has 1 saturated heterocycles. The molecule has 0 aromatic heterocycles. The van der Waals surface area contributed by atoms with Gasteiger partial charge in [-0.05, 0) is 80.5 Å². The fraction of sp³-hybridized carbons (Fsp3) is 0.345. The third-order valence-electron chi connectivity index (χ3n) is 7.01. The maximum absolute atomic E-state index is 13.0. The van der Waals surface area contributed by atoms with Crippen LogP contribution in [0.1, 0.15) is 36.0 Å². The Bertz CT molecular complexity index is 1490. The van der Waals surface area contributed by atoms with E-state index in [1.54, 1.807) is 0 Å². The molecule has 8 nitrogen and oxygen atoms in total. The number of benzene rings is 3. The fourth-order valence-corrected chi connectivity index (χ4v) is 7.56. The van der Waals surface area contributed by atoms with Gasteiger partial charge in [0.25, 0.3) is 10.0 Å². The van der Waals surface area contributed by atoms with Gasteiger partial charge in [-0.25, -0.2) is 21.1 Å². The number of hydrogen-bond donors (Lipinski definition) is 2. The average Bonchev–Trinajstić information content (AvgIpc) is 2.92. The van der Waals surface area contributed by atoms with Gasteiger partial charge in [-0.2, -0.15) is 0 Å². The standard InChI is InChI=1S/C29H35N3O5S2/c1-22-9-6-10-23(2)28(22)31-39(36,37)27-17-15-26(16-18-27)30-29(33)25-14-7-19-32(21-25)38(34,35)20-8-13-24-11-4-3-5-12-24/h3-6,9-12,15-18,25,31H,7-8,13-14,19-21H2,1-2H3,(H,30,33)/t25-/m1/s1. The van der Waals surface area contributed by atoms with Crippen molar-refractivity contribution in [1.29, 1.82) is 0 Å². The van der Waals surface area contributed by atoms with Gasteiger partial charge >= 0.3 is 0 Å². The zero-order valence-electron chi connectivity index (χ0n) is 22.3. The highest BCUT2D eigenvalue weighted by Crippen LogP contribution is 2.25. The third kappa shape index (κ3) is 7.46. The summed E-state index contributed by atoms with van der Waals surface area (Å²) in [5.74, 6) is -0.706. The fourth-order valence-electron chi connectivity index (χ4n) is 4.77. The summed E-state index contributed by atoms with van der Waals surface area (Å²) in [7, 11) is -7.28. The highest BCUT2D eigenvalue weighted by Gasteiger charge is 2.32. The minimum atomic E-state index is -3.81. The van der Waals surface area contributed by atoms with Gasteiger partial charge in [-0.15, -0.1) is 0 Å². The van der Waals surface area contributed by atoms with Gasteiger partial charge in [-0.3, -0.25) is 9.52 Å². The summed E-state index contributed by atoms with van der Waals surface area (Å²) in [4.78, 5) is 13.1. The molecule has 0 saturated carbocycles. The maximum Gasteiger partial charge on any atom is 0.261 e. The Labute approximate surface area is 231 Å². The summed E-state index contributed by atoms with van der Waals surface area (Å²) < 4.78 is 55.8. The van der Waals surface area contributed by atoms with Crippen LogP contribution < -0.4 is 10.0 Å². The second kappa shape index (κ2) is 12.3. The largest absolute Gasteiger partial charge is 0.326 e. The number of carbonyl (C=O) groups excluding carboxylic acids is 1. The Hall–Kier alpha value is -3.21. The van der Waals surface area contributed by atoms with Gasteiger partial charge in [0.15, 0.2) is 0 Å². The number of para-hydroxylation sites is 1. The number of piperidine rings is 1. The van der Waals surface area contributed by atoms with Crippen LogP contribution in [0.5, 0.6) is 0 Å². The molecule has 1 aliphatic rings. The second-order valence-corrected chi connectivity index (χ2v) is 13.8. The maximum atomic E-state index is 13.0. The monoisotopic (exact) mass is 569 g/mol. The highest BCUT2D eigenvalue weighted by molar-refractivity contribution is 7.92. The van der Waals surface area contributed by atoms with E-state index in [1.165, 1.54) is 28.6 Å². The van der Waals surface area contributed by atoms with Crippen molar-refractivity contribution < 1.29 is 21.6 Å². The van der Waals surface area contributed by atoms with Crippen LogP contribution in [0.3, 0.4) is 0 Å². The van der Waals surface area contributed by atoms with Gasteiger partial charge in [0.2, 0.25) is 15.9 Å². The van der Waals surface area contributed by atoms with Crippen molar-refractivity contribution in [3.8, 4) is 0 Å². The molecule has 0 radical (unpaired) electrons. The molecule has 39 heavy (non-hydrogen) atoms. The van der Waals surface area contributed by atoms with Gasteiger partial charge in [0, 0.05) is 18.8 Å². The normalized spacial score (nSPS) is 16.5. The molecular weight excluding hydrogens is 534 g/mol. The summed E-state index contributed by atoms with van der Waals surface area (Å²) in [5, 5.41) is 2.82. The number of rotatable bonds is 10. The number of carbonyl (C=O) groups is 1. The van der Waals surface area contributed by atoms with Crippen molar-refractivity contribution in [2.45, 2.75) is 44.4 Å². The topological polar surface area (TPSA) is 113 Å². The molecule has 1 amide bonds. The number of anilines is 2. The molecule has 1 aliphatic heterocycles. The molecular formula is C29H35N3O5S2. The lowest BCUT2D eigenvalue weighted by Gasteiger charge is -2.31. The smallest absolute Gasteiger partial charge is 0.261 e. The van der Waals surface area contributed by atoms with Crippen LogP contribution in [0.25, 0.3) is 0 Å². The summed E-state index contributed by atoms with van der Waals surface area (Å²) >= 11 is 0. The molecule has 208 valence electrons. The van der Waals surface area contributed by atoms with Gasteiger partial charge < -0.3 is 5.32 Å². The van der Waals surface area contributed by atoms with Crippen LogP contribution in [-0.4, -0.2) is 45.9 Å². The Morgan fingerprint density at radius 3 is 2.23 bits per heavy atom. The van der Waals surface area contributed by atoms with Crippen LogP contribution >= 0.6 is 0 Å². The molecule has 10 heteroatoms. The van der Waals surface area contributed by atoms with Crippen molar-refractivity contribution in [2.75, 3.05) is 28.9 Å². The van der Waals surface area contributed by atoms with Crippen molar-refractivity contribution in [1.82, 2.24) is 4.31 Å². The molecule has 3 aromatic rings. The average molecular weight is 570 g/mol. The number of amides is 1. The number of aryl methyl sites for hydroxylation is 3. The Morgan fingerprint density at radius 1 is 0.897 bits per heavy atom. The van der Waals surface area contributed by atoms with Crippen LogP contribution in [0.4, 0.5) is 11.4 Å². The zero-order valence-corrected chi connectivity index (χ0v) is 23.9. The Morgan fingerprint density at radius 2 is 1.56 bits per heavy atom. The quantitative estimate of drug-likeness (QED) is 0.367.